The summed E-state index contributed by atoms with van der Waals surface area (Å²) in [4.78, 5) is 0. The first kappa shape index (κ1) is 26.0. The van der Waals surface area contributed by atoms with Gasteiger partial charge in [-0.2, -0.15) is 0 Å². The smallest absolute Gasteiger partial charge is 0.167 e. The molecule has 0 radical (unpaired) electrons. The largest absolute Gasteiger partial charge is 0.353 e. The standard InChI is InChI=1S/C24H39F3O2/c1-5-6-7-8-9-12-15-20(24(2,28-3)29-4)16-13-10-11-14-19-17-22(26)23(27)18-21(19)25/h17-18,20H,5-16H2,1-4H3. The van der Waals surface area contributed by atoms with Crippen molar-refractivity contribution >= 4 is 0 Å². The number of aryl methyl sites for hydroxylation is 1. The summed E-state index contributed by atoms with van der Waals surface area (Å²) in [6, 6.07) is 1.60. The van der Waals surface area contributed by atoms with Gasteiger partial charge in [0, 0.05) is 26.2 Å². The lowest BCUT2D eigenvalue weighted by molar-refractivity contribution is -0.230. The van der Waals surface area contributed by atoms with Crippen LogP contribution in [0.4, 0.5) is 13.2 Å². The van der Waals surface area contributed by atoms with E-state index in [4.69, 9.17) is 9.47 Å². The molecule has 29 heavy (non-hydrogen) atoms. The Bertz CT molecular complexity index is 573. The zero-order valence-electron chi connectivity index (χ0n) is 18.7. The summed E-state index contributed by atoms with van der Waals surface area (Å²) in [6.07, 6.45) is 12.6. The van der Waals surface area contributed by atoms with E-state index in [9.17, 15) is 13.2 Å². The maximum absolute atomic E-state index is 13.7. The Balaban J connectivity index is 2.44. The highest BCUT2D eigenvalue weighted by Gasteiger charge is 2.33. The lowest BCUT2D eigenvalue weighted by Gasteiger charge is -2.35. The first-order valence-electron chi connectivity index (χ1n) is 11.1. The van der Waals surface area contributed by atoms with Crippen molar-refractivity contribution in [2.75, 3.05) is 14.2 Å². The normalized spacial score (nSPS) is 13.1. The molecule has 0 spiro atoms. The van der Waals surface area contributed by atoms with Crippen LogP contribution in [0.1, 0.15) is 90.0 Å². The van der Waals surface area contributed by atoms with Crippen LogP contribution in [-0.4, -0.2) is 20.0 Å². The van der Waals surface area contributed by atoms with Gasteiger partial charge in [0.15, 0.2) is 17.4 Å². The lowest BCUT2D eigenvalue weighted by atomic mass is 9.87. The van der Waals surface area contributed by atoms with Crippen molar-refractivity contribution in [3.63, 3.8) is 0 Å². The van der Waals surface area contributed by atoms with Crippen molar-refractivity contribution in [3.8, 4) is 0 Å². The van der Waals surface area contributed by atoms with Gasteiger partial charge in [-0.3, -0.25) is 0 Å². The SMILES string of the molecule is CCCCCCCCC(CCCCCc1cc(F)c(F)cc1F)C(C)(OC)OC. The summed E-state index contributed by atoms with van der Waals surface area (Å²) in [5.41, 5.74) is 0.242. The van der Waals surface area contributed by atoms with Crippen molar-refractivity contribution in [2.24, 2.45) is 5.92 Å². The molecule has 0 saturated carbocycles. The molecule has 0 bridgehead atoms. The minimum absolute atomic E-state index is 0.242. The molecule has 0 aromatic heterocycles. The van der Waals surface area contributed by atoms with Crippen LogP contribution in [0.15, 0.2) is 12.1 Å². The van der Waals surface area contributed by atoms with Gasteiger partial charge < -0.3 is 9.47 Å². The molecule has 5 heteroatoms. The van der Waals surface area contributed by atoms with Gasteiger partial charge in [0.05, 0.1) is 0 Å². The van der Waals surface area contributed by atoms with E-state index in [-0.39, 0.29) is 5.56 Å². The predicted octanol–water partition coefficient (Wildman–Crippen LogP) is 7.58. The van der Waals surface area contributed by atoms with Crippen molar-refractivity contribution in [1.82, 2.24) is 0 Å². The van der Waals surface area contributed by atoms with Crippen molar-refractivity contribution in [1.29, 1.82) is 0 Å². The Morgan fingerprint density at radius 3 is 1.86 bits per heavy atom. The van der Waals surface area contributed by atoms with E-state index in [0.717, 1.165) is 44.6 Å². The summed E-state index contributed by atoms with van der Waals surface area (Å²) in [5.74, 6) is -3.10. The molecule has 0 aliphatic carbocycles. The van der Waals surface area contributed by atoms with Gasteiger partial charge >= 0.3 is 0 Å². The average Bonchev–Trinajstić information content (AvgIpc) is 2.71. The zero-order valence-corrected chi connectivity index (χ0v) is 18.7. The lowest BCUT2D eigenvalue weighted by Crippen LogP contribution is -2.39. The van der Waals surface area contributed by atoms with Crippen molar-refractivity contribution < 1.29 is 22.6 Å². The van der Waals surface area contributed by atoms with Gasteiger partial charge in [-0.15, -0.1) is 0 Å². The summed E-state index contributed by atoms with van der Waals surface area (Å²) < 4.78 is 51.4. The van der Waals surface area contributed by atoms with Crippen molar-refractivity contribution in [2.45, 2.75) is 96.7 Å². The van der Waals surface area contributed by atoms with Crippen LogP contribution in [0.2, 0.25) is 0 Å². The highest BCUT2D eigenvalue weighted by Crippen LogP contribution is 2.32. The van der Waals surface area contributed by atoms with E-state index in [2.05, 4.69) is 6.92 Å². The second-order valence-corrected chi connectivity index (χ2v) is 8.13. The van der Waals surface area contributed by atoms with E-state index < -0.39 is 23.2 Å². The molecule has 1 unspecified atom stereocenters. The summed E-state index contributed by atoms with van der Waals surface area (Å²) in [6.45, 7) is 4.21. The third-order valence-electron chi connectivity index (χ3n) is 6.05. The monoisotopic (exact) mass is 416 g/mol. The van der Waals surface area contributed by atoms with Crippen LogP contribution < -0.4 is 0 Å². The molecule has 0 fully saturated rings. The van der Waals surface area contributed by atoms with Gasteiger partial charge in [0.1, 0.15) is 5.82 Å². The van der Waals surface area contributed by atoms with Crippen LogP contribution in [0.3, 0.4) is 0 Å². The molecule has 0 N–H and O–H groups in total. The molecule has 0 heterocycles. The number of unbranched alkanes of at least 4 members (excludes halogenated alkanes) is 7. The predicted molar refractivity (Wildman–Crippen MR) is 112 cm³/mol. The number of rotatable bonds is 16. The Morgan fingerprint density at radius 1 is 0.759 bits per heavy atom. The third-order valence-corrected chi connectivity index (χ3v) is 6.05. The Kier molecular flexibility index (Phi) is 12.6. The third kappa shape index (κ3) is 9.08. The van der Waals surface area contributed by atoms with Gasteiger partial charge in [-0.25, -0.2) is 13.2 Å². The van der Waals surface area contributed by atoms with E-state index in [1.165, 1.54) is 32.1 Å². The number of hydrogen-bond donors (Lipinski definition) is 0. The first-order valence-corrected chi connectivity index (χ1v) is 11.1. The summed E-state index contributed by atoms with van der Waals surface area (Å²) >= 11 is 0. The molecule has 1 atom stereocenters. The second kappa shape index (κ2) is 14.0. The maximum atomic E-state index is 13.7. The van der Waals surface area contributed by atoms with Crippen LogP contribution >= 0.6 is 0 Å². The zero-order chi connectivity index (χ0) is 21.7. The molecule has 0 aliphatic rings. The maximum Gasteiger partial charge on any atom is 0.167 e. The van der Waals surface area contributed by atoms with Gasteiger partial charge in [0.25, 0.3) is 0 Å². The van der Waals surface area contributed by atoms with Crippen molar-refractivity contribution in [3.05, 3.63) is 35.1 Å². The molecular weight excluding hydrogens is 377 g/mol. The molecule has 1 aromatic carbocycles. The molecule has 0 amide bonds. The quantitative estimate of drug-likeness (QED) is 0.157. The van der Waals surface area contributed by atoms with Crippen LogP contribution in [0.5, 0.6) is 0 Å². The van der Waals surface area contributed by atoms with E-state index in [1.54, 1.807) is 14.2 Å². The Labute approximate surface area is 175 Å². The number of methoxy groups -OCH3 is 2. The second-order valence-electron chi connectivity index (χ2n) is 8.13. The summed E-state index contributed by atoms with van der Waals surface area (Å²) in [7, 11) is 3.37. The number of hydrogen-bond acceptors (Lipinski definition) is 2. The molecule has 2 nitrogen and oxygen atoms in total. The van der Waals surface area contributed by atoms with Crippen LogP contribution in [-0.2, 0) is 15.9 Å². The summed E-state index contributed by atoms with van der Waals surface area (Å²) in [5, 5.41) is 0. The number of ether oxygens (including phenoxy) is 2. The van der Waals surface area contributed by atoms with E-state index >= 15 is 0 Å². The molecule has 168 valence electrons. The molecular formula is C24H39F3O2. The van der Waals surface area contributed by atoms with E-state index in [1.807, 2.05) is 6.92 Å². The highest BCUT2D eigenvalue weighted by molar-refractivity contribution is 5.20. The Morgan fingerprint density at radius 2 is 1.28 bits per heavy atom. The fraction of sp³-hybridized carbons (Fsp3) is 0.750. The van der Waals surface area contributed by atoms with Gasteiger partial charge in [-0.05, 0) is 44.2 Å². The first-order chi connectivity index (χ1) is 13.9. The fourth-order valence-corrected chi connectivity index (χ4v) is 3.89. The number of benzene rings is 1. The topological polar surface area (TPSA) is 18.5 Å². The molecule has 1 aromatic rings. The van der Waals surface area contributed by atoms with Crippen LogP contribution in [0, 0.1) is 23.4 Å². The minimum atomic E-state index is -1.14. The number of halogens is 3. The van der Waals surface area contributed by atoms with Gasteiger partial charge in [0.2, 0.25) is 0 Å². The highest BCUT2D eigenvalue weighted by atomic mass is 19.2. The Hall–Kier alpha value is -1.07. The fourth-order valence-electron chi connectivity index (χ4n) is 3.89. The van der Waals surface area contributed by atoms with Gasteiger partial charge in [-0.1, -0.05) is 58.3 Å². The molecule has 0 aliphatic heterocycles. The average molecular weight is 417 g/mol. The van der Waals surface area contributed by atoms with E-state index in [0.29, 0.717) is 18.4 Å². The molecule has 1 rings (SSSR count). The minimum Gasteiger partial charge on any atom is -0.353 e. The molecule has 0 saturated heterocycles. The van der Waals surface area contributed by atoms with Crippen LogP contribution in [0.25, 0.3) is 0 Å².